The van der Waals surface area contributed by atoms with Crippen LogP contribution in [-0.2, 0) is 6.54 Å². The summed E-state index contributed by atoms with van der Waals surface area (Å²) in [4.78, 5) is 12.3. The van der Waals surface area contributed by atoms with E-state index >= 15 is 0 Å². The van der Waals surface area contributed by atoms with E-state index in [1.54, 1.807) is 10.6 Å². The van der Waals surface area contributed by atoms with E-state index < -0.39 is 0 Å². The first kappa shape index (κ1) is 15.1. The van der Waals surface area contributed by atoms with Crippen LogP contribution in [0.2, 0.25) is 0 Å². The molecule has 1 aromatic heterocycles. The number of aryl methyl sites for hydroxylation is 1. The van der Waals surface area contributed by atoms with Gasteiger partial charge in [0.05, 0.1) is 6.61 Å². The topological polar surface area (TPSA) is 43.3 Å². The highest BCUT2D eigenvalue weighted by Gasteiger charge is 2.13. The van der Waals surface area contributed by atoms with Gasteiger partial charge in [-0.25, -0.2) is 0 Å². The zero-order valence-electron chi connectivity index (χ0n) is 12.6. The molecule has 0 radical (unpaired) electrons. The number of nitrogens with zero attached hydrogens (tertiary/aromatic N) is 1. The highest BCUT2D eigenvalue weighted by Crippen LogP contribution is 2.11. The number of aromatic nitrogens is 1. The van der Waals surface area contributed by atoms with Crippen molar-refractivity contribution in [2.75, 3.05) is 13.2 Å². The van der Waals surface area contributed by atoms with Crippen LogP contribution >= 0.6 is 0 Å². The molecule has 2 heterocycles. The quantitative estimate of drug-likeness (QED) is 0.869. The second-order valence-corrected chi connectivity index (χ2v) is 6.01. The van der Waals surface area contributed by atoms with Crippen molar-refractivity contribution in [3.63, 3.8) is 0 Å². The molecule has 4 heteroatoms. The van der Waals surface area contributed by atoms with E-state index in [0.717, 1.165) is 19.5 Å². The summed E-state index contributed by atoms with van der Waals surface area (Å²) in [7, 11) is 0. The summed E-state index contributed by atoms with van der Waals surface area (Å²) in [5.74, 6) is 0.896. The summed E-state index contributed by atoms with van der Waals surface area (Å²) >= 11 is 0. The van der Waals surface area contributed by atoms with Gasteiger partial charge < -0.3 is 14.6 Å². The molecule has 0 spiro atoms. The van der Waals surface area contributed by atoms with Crippen LogP contribution in [0.3, 0.4) is 0 Å². The molecule has 1 aromatic rings. The number of pyridine rings is 1. The lowest BCUT2D eigenvalue weighted by atomic mass is 10.0. The fourth-order valence-corrected chi connectivity index (χ4v) is 2.52. The molecule has 0 amide bonds. The van der Waals surface area contributed by atoms with Crippen LogP contribution in [0.15, 0.2) is 23.1 Å². The van der Waals surface area contributed by atoms with E-state index in [1.807, 2.05) is 12.3 Å². The van der Waals surface area contributed by atoms with Gasteiger partial charge in [0, 0.05) is 18.8 Å². The Balaban J connectivity index is 1.93. The maximum absolute atomic E-state index is 12.3. The third-order valence-electron chi connectivity index (χ3n) is 3.69. The monoisotopic (exact) mass is 278 g/mol. The molecule has 2 rings (SSSR count). The van der Waals surface area contributed by atoms with Crippen molar-refractivity contribution in [3.05, 3.63) is 28.7 Å². The molecule has 1 unspecified atom stereocenters. The Labute approximate surface area is 121 Å². The minimum atomic E-state index is -0.0102. The van der Waals surface area contributed by atoms with Gasteiger partial charge in [0.25, 0.3) is 5.56 Å². The molecule has 0 aliphatic carbocycles. The molecule has 1 atom stereocenters. The number of ether oxygens (including phenoxy) is 1. The van der Waals surface area contributed by atoms with Gasteiger partial charge in [0.15, 0.2) is 5.75 Å². The summed E-state index contributed by atoms with van der Waals surface area (Å²) in [6.45, 7) is 6.61. The van der Waals surface area contributed by atoms with Gasteiger partial charge in [-0.05, 0) is 43.9 Å². The van der Waals surface area contributed by atoms with Crippen molar-refractivity contribution in [2.45, 2.75) is 52.1 Å². The predicted molar refractivity (Wildman–Crippen MR) is 81.3 cm³/mol. The maximum Gasteiger partial charge on any atom is 0.292 e. The van der Waals surface area contributed by atoms with E-state index in [4.69, 9.17) is 4.74 Å². The molecule has 4 nitrogen and oxygen atoms in total. The van der Waals surface area contributed by atoms with E-state index in [1.165, 1.54) is 19.3 Å². The fraction of sp³-hybridized carbons (Fsp3) is 0.688. The third kappa shape index (κ3) is 4.37. The molecule has 0 aromatic carbocycles. The van der Waals surface area contributed by atoms with Gasteiger partial charge in [0.1, 0.15) is 0 Å². The van der Waals surface area contributed by atoms with Crippen molar-refractivity contribution in [2.24, 2.45) is 5.92 Å². The predicted octanol–water partition coefficient (Wildman–Crippen LogP) is 2.42. The SMILES string of the molecule is CC(C)COc1cccn(CCC2CCCCN2)c1=O. The van der Waals surface area contributed by atoms with Crippen LogP contribution < -0.4 is 15.6 Å². The zero-order valence-corrected chi connectivity index (χ0v) is 12.6. The van der Waals surface area contributed by atoms with Crippen molar-refractivity contribution < 1.29 is 4.74 Å². The molecule has 1 N–H and O–H groups in total. The normalized spacial score (nSPS) is 19.2. The Morgan fingerprint density at radius 3 is 3.00 bits per heavy atom. The Hall–Kier alpha value is -1.29. The van der Waals surface area contributed by atoms with Crippen LogP contribution in [0.25, 0.3) is 0 Å². The summed E-state index contributed by atoms with van der Waals surface area (Å²) in [5.41, 5.74) is -0.0102. The van der Waals surface area contributed by atoms with Crippen LogP contribution in [0.4, 0.5) is 0 Å². The number of hydrogen-bond acceptors (Lipinski definition) is 3. The first-order valence-electron chi connectivity index (χ1n) is 7.72. The standard InChI is InChI=1S/C16H26N2O2/c1-13(2)12-20-15-7-5-10-18(16(15)19)11-8-14-6-3-4-9-17-14/h5,7,10,13-14,17H,3-4,6,8-9,11-12H2,1-2H3. The Morgan fingerprint density at radius 2 is 2.30 bits per heavy atom. The molecule has 1 aliphatic rings. The van der Waals surface area contributed by atoms with Gasteiger partial charge in [-0.15, -0.1) is 0 Å². The van der Waals surface area contributed by atoms with E-state index in [2.05, 4.69) is 19.2 Å². The van der Waals surface area contributed by atoms with Gasteiger partial charge in [-0.2, -0.15) is 0 Å². The van der Waals surface area contributed by atoms with Gasteiger partial charge in [-0.3, -0.25) is 4.79 Å². The van der Waals surface area contributed by atoms with Crippen molar-refractivity contribution in [1.29, 1.82) is 0 Å². The highest BCUT2D eigenvalue weighted by molar-refractivity contribution is 5.17. The smallest absolute Gasteiger partial charge is 0.292 e. The average Bonchev–Trinajstić information content (AvgIpc) is 2.46. The molecular weight excluding hydrogens is 252 g/mol. The Kier molecular flexibility index (Phi) is 5.65. The Bertz CT molecular complexity index is 462. The molecule has 1 aliphatic heterocycles. The van der Waals surface area contributed by atoms with Gasteiger partial charge in [0.2, 0.25) is 0 Å². The fourth-order valence-electron chi connectivity index (χ4n) is 2.52. The number of rotatable bonds is 6. The van der Waals surface area contributed by atoms with Gasteiger partial charge >= 0.3 is 0 Å². The van der Waals surface area contributed by atoms with Crippen molar-refractivity contribution in [3.8, 4) is 5.75 Å². The van der Waals surface area contributed by atoms with Crippen LogP contribution in [0.5, 0.6) is 5.75 Å². The van der Waals surface area contributed by atoms with Crippen molar-refractivity contribution in [1.82, 2.24) is 9.88 Å². The second-order valence-electron chi connectivity index (χ2n) is 6.01. The molecule has 112 valence electrons. The van der Waals surface area contributed by atoms with Gasteiger partial charge in [-0.1, -0.05) is 20.3 Å². The lowest BCUT2D eigenvalue weighted by Gasteiger charge is -2.23. The molecule has 0 bridgehead atoms. The third-order valence-corrected chi connectivity index (χ3v) is 3.69. The molecule has 1 fully saturated rings. The lowest BCUT2D eigenvalue weighted by molar-refractivity contribution is 0.265. The average molecular weight is 278 g/mol. The van der Waals surface area contributed by atoms with E-state index in [9.17, 15) is 4.79 Å². The number of hydrogen-bond donors (Lipinski definition) is 1. The first-order valence-corrected chi connectivity index (χ1v) is 7.72. The van der Waals surface area contributed by atoms with E-state index in [0.29, 0.717) is 24.3 Å². The second kappa shape index (κ2) is 7.48. The zero-order chi connectivity index (χ0) is 14.4. The van der Waals surface area contributed by atoms with Crippen LogP contribution in [0, 0.1) is 5.92 Å². The van der Waals surface area contributed by atoms with E-state index in [-0.39, 0.29) is 5.56 Å². The molecular formula is C16H26N2O2. The summed E-state index contributed by atoms with van der Waals surface area (Å²) in [5, 5.41) is 3.52. The Morgan fingerprint density at radius 1 is 1.45 bits per heavy atom. The number of nitrogens with one attached hydrogen (secondary N) is 1. The number of piperidine rings is 1. The molecule has 1 saturated heterocycles. The van der Waals surface area contributed by atoms with Crippen LogP contribution in [0.1, 0.15) is 39.5 Å². The molecule has 0 saturated carbocycles. The minimum absolute atomic E-state index is 0.0102. The summed E-state index contributed by atoms with van der Waals surface area (Å²) < 4.78 is 7.35. The van der Waals surface area contributed by atoms with Crippen molar-refractivity contribution >= 4 is 0 Å². The minimum Gasteiger partial charge on any atom is -0.488 e. The van der Waals surface area contributed by atoms with Crippen LogP contribution in [-0.4, -0.2) is 23.8 Å². The summed E-state index contributed by atoms with van der Waals surface area (Å²) in [6.07, 6.45) is 6.65. The largest absolute Gasteiger partial charge is 0.488 e. The highest BCUT2D eigenvalue weighted by atomic mass is 16.5. The molecule has 20 heavy (non-hydrogen) atoms. The maximum atomic E-state index is 12.3. The summed E-state index contributed by atoms with van der Waals surface area (Å²) in [6, 6.07) is 4.21. The lowest BCUT2D eigenvalue weighted by Crippen LogP contribution is -2.35. The first-order chi connectivity index (χ1) is 9.66.